The number of halogens is 1. The van der Waals surface area contributed by atoms with Gasteiger partial charge in [0, 0.05) is 11.8 Å². The summed E-state index contributed by atoms with van der Waals surface area (Å²) in [6.07, 6.45) is 1.54. The molecule has 0 aliphatic heterocycles. The zero-order valence-corrected chi connectivity index (χ0v) is 9.35. The molecule has 5 nitrogen and oxygen atoms in total. The van der Waals surface area contributed by atoms with Crippen LogP contribution in [0.3, 0.4) is 0 Å². The third-order valence-electron chi connectivity index (χ3n) is 2.16. The van der Waals surface area contributed by atoms with Gasteiger partial charge in [-0.1, -0.05) is 11.6 Å². The molecule has 0 atom stereocenters. The van der Waals surface area contributed by atoms with Crippen LogP contribution in [0.2, 0.25) is 5.15 Å². The lowest BCUT2D eigenvalue weighted by Crippen LogP contribution is -2.06. The van der Waals surface area contributed by atoms with Gasteiger partial charge in [0.2, 0.25) is 0 Å². The van der Waals surface area contributed by atoms with E-state index in [1.54, 1.807) is 24.4 Å². The lowest BCUT2D eigenvalue weighted by atomic mass is 10.1. The molecule has 0 saturated carbocycles. The summed E-state index contributed by atoms with van der Waals surface area (Å²) in [7, 11) is 0. The number of nitrogen functional groups attached to an aromatic ring is 1. The first-order chi connectivity index (χ1) is 8.09. The molecule has 17 heavy (non-hydrogen) atoms. The van der Waals surface area contributed by atoms with Crippen molar-refractivity contribution in [1.29, 1.82) is 0 Å². The molecule has 0 aromatic carbocycles. The molecular formula is C11H8ClN3O2. The van der Waals surface area contributed by atoms with Gasteiger partial charge in [-0.2, -0.15) is 0 Å². The summed E-state index contributed by atoms with van der Waals surface area (Å²) in [5.74, 6) is -1.18. The number of nitrogens with two attached hydrogens (primary N) is 1. The first-order valence-electron chi connectivity index (χ1n) is 4.70. The fraction of sp³-hybridized carbons (Fsp3) is 0. The van der Waals surface area contributed by atoms with E-state index in [0.29, 0.717) is 11.3 Å². The maximum Gasteiger partial charge on any atom is 0.356 e. The predicted octanol–water partition coefficient (Wildman–Crippen LogP) is 2.08. The first kappa shape index (κ1) is 11.3. The highest BCUT2D eigenvalue weighted by atomic mass is 35.5. The van der Waals surface area contributed by atoms with Gasteiger partial charge in [0.15, 0.2) is 5.69 Å². The van der Waals surface area contributed by atoms with Crippen LogP contribution in [0.25, 0.3) is 11.3 Å². The topological polar surface area (TPSA) is 89.1 Å². The number of aromatic carboxylic acids is 1. The largest absolute Gasteiger partial charge is 0.476 e. The van der Waals surface area contributed by atoms with E-state index in [2.05, 4.69) is 9.97 Å². The van der Waals surface area contributed by atoms with E-state index in [1.165, 1.54) is 6.07 Å². The average molecular weight is 250 g/mol. The quantitative estimate of drug-likeness (QED) is 0.796. The van der Waals surface area contributed by atoms with Gasteiger partial charge in [0.25, 0.3) is 0 Å². The molecule has 0 saturated heterocycles. The van der Waals surface area contributed by atoms with Crippen molar-refractivity contribution in [2.75, 3.05) is 5.73 Å². The molecule has 0 amide bonds. The van der Waals surface area contributed by atoms with Crippen molar-refractivity contribution in [2.45, 2.75) is 0 Å². The van der Waals surface area contributed by atoms with E-state index in [4.69, 9.17) is 22.4 Å². The lowest BCUT2D eigenvalue weighted by molar-refractivity contribution is 0.0692. The maximum absolute atomic E-state index is 10.9. The molecular weight excluding hydrogens is 242 g/mol. The molecule has 6 heteroatoms. The molecule has 0 aliphatic carbocycles. The minimum Gasteiger partial charge on any atom is -0.476 e. The summed E-state index contributed by atoms with van der Waals surface area (Å²) in [6.45, 7) is 0. The number of aromatic nitrogens is 2. The molecule has 2 rings (SSSR count). The maximum atomic E-state index is 10.9. The Morgan fingerprint density at radius 2 is 2.12 bits per heavy atom. The highest BCUT2D eigenvalue weighted by Gasteiger charge is 2.13. The van der Waals surface area contributed by atoms with Crippen LogP contribution in [-0.4, -0.2) is 21.0 Å². The van der Waals surface area contributed by atoms with E-state index in [-0.39, 0.29) is 16.5 Å². The molecule has 3 N–H and O–H groups in total. The summed E-state index contributed by atoms with van der Waals surface area (Å²) in [5, 5.41) is 9.18. The first-order valence-corrected chi connectivity index (χ1v) is 5.08. The van der Waals surface area contributed by atoms with Gasteiger partial charge in [0.05, 0.1) is 11.4 Å². The molecule has 0 radical (unpaired) electrons. The third kappa shape index (κ3) is 2.19. The Morgan fingerprint density at radius 1 is 1.35 bits per heavy atom. The van der Waals surface area contributed by atoms with Crippen LogP contribution in [0.1, 0.15) is 10.5 Å². The van der Waals surface area contributed by atoms with Gasteiger partial charge in [0.1, 0.15) is 5.15 Å². The fourth-order valence-electron chi connectivity index (χ4n) is 1.37. The highest BCUT2D eigenvalue weighted by Crippen LogP contribution is 2.25. The number of nitrogens with zero attached hydrogens (tertiary/aromatic N) is 2. The number of pyridine rings is 2. The number of carboxylic acids is 1. The van der Waals surface area contributed by atoms with Crippen molar-refractivity contribution in [1.82, 2.24) is 9.97 Å². The van der Waals surface area contributed by atoms with Crippen molar-refractivity contribution < 1.29 is 9.90 Å². The van der Waals surface area contributed by atoms with Crippen LogP contribution in [0.15, 0.2) is 30.5 Å². The number of carbonyl (C=O) groups is 1. The van der Waals surface area contributed by atoms with Gasteiger partial charge < -0.3 is 10.8 Å². The van der Waals surface area contributed by atoms with Crippen molar-refractivity contribution >= 4 is 23.3 Å². The van der Waals surface area contributed by atoms with Gasteiger partial charge in [-0.05, 0) is 24.3 Å². The summed E-state index contributed by atoms with van der Waals surface area (Å²) in [5.41, 5.74) is 6.43. The average Bonchev–Trinajstić information content (AvgIpc) is 2.30. The number of carboxylic acid groups (broad SMARTS) is 1. The Labute approximate surface area is 102 Å². The smallest absolute Gasteiger partial charge is 0.356 e. The van der Waals surface area contributed by atoms with Crippen LogP contribution in [-0.2, 0) is 0 Å². The molecule has 2 aromatic heterocycles. The van der Waals surface area contributed by atoms with E-state index >= 15 is 0 Å². The van der Waals surface area contributed by atoms with E-state index < -0.39 is 5.97 Å². The number of hydrogen-bond donors (Lipinski definition) is 2. The SMILES string of the molecule is Nc1ccc(-c2cccnc2Cl)nc1C(=O)O. The number of rotatable bonds is 2. The normalized spacial score (nSPS) is 10.2. The number of anilines is 1. The Hall–Kier alpha value is -2.14. The van der Waals surface area contributed by atoms with Crippen molar-refractivity contribution in [3.8, 4) is 11.3 Å². The Kier molecular flexibility index (Phi) is 2.93. The monoisotopic (exact) mass is 249 g/mol. The molecule has 86 valence electrons. The molecule has 2 heterocycles. The van der Waals surface area contributed by atoms with Crippen molar-refractivity contribution in [3.63, 3.8) is 0 Å². The van der Waals surface area contributed by atoms with Crippen molar-refractivity contribution in [2.24, 2.45) is 0 Å². The molecule has 0 fully saturated rings. The second kappa shape index (κ2) is 4.39. The van der Waals surface area contributed by atoms with Gasteiger partial charge in [-0.3, -0.25) is 0 Å². The molecule has 0 aliphatic rings. The summed E-state index contributed by atoms with van der Waals surface area (Å²) < 4.78 is 0. The predicted molar refractivity (Wildman–Crippen MR) is 63.8 cm³/mol. The molecule has 2 aromatic rings. The summed E-state index contributed by atoms with van der Waals surface area (Å²) in [6, 6.07) is 6.49. The molecule has 0 bridgehead atoms. The second-order valence-electron chi connectivity index (χ2n) is 3.28. The van der Waals surface area contributed by atoms with Gasteiger partial charge in [-0.25, -0.2) is 14.8 Å². The van der Waals surface area contributed by atoms with E-state index in [0.717, 1.165) is 0 Å². The van der Waals surface area contributed by atoms with Gasteiger partial charge >= 0.3 is 5.97 Å². The van der Waals surface area contributed by atoms with Crippen LogP contribution < -0.4 is 5.73 Å². The number of hydrogen-bond acceptors (Lipinski definition) is 4. The highest BCUT2D eigenvalue weighted by molar-refractivity contribution is 6.32. The van der Waals surface area contributed by atoms with E-state index in [1.807, 2.05) is 0 Å². The van der Waals surface area contributed by atoms with Gasteiger partial charge in [-0.15, -0.1) is 0 Å². The van der Waals surface area contributed by atoms with Crippen LogP contribution in [0.4, 0.5) is 5.69 Å². The minimum atomic E-state index is -1.18. The lowest BCUT2D eigenvalue weighted by Gasteiger charge is -2.05. The van der Waals surface area contributed by atoms with Crippen LogP contribution >= 0.6 is 11.6 Å². The van der Waals surface area contributed by atoms with Crippen molar-refractivity contribution in [3.05, 3.63) is 41.3 Å². The van der Waals surface area contributed by atoms with Crippen LogP contribution in [0.5, 0.6) is 0 Å². The standard InChI is InChI=1S/C11H8ClN3O2/c12-10-6(2-1-5-14-10)8-4-3-7(13)9(15-8)11(16)17/h1-5H,13H2,(H,16,17). The van der Waals surface area contributed by atoms with E-state index in [9.17, 15) is 4.79 Å². The van der Waals surface area contributed by atoms with Crippen LogP contribution in [0, 0.1) is 0 Å². The third-order valence-corrected chi connectivity index (χ3v) is 2.47. The summed E-state index contributed by atoms with van der Waals surface area (Å²) in [4.78, 5) is 18.8. The zero-order valence-electron chi connectivity index (χ0n) is 8.59. The Morgan fingerprint density at radius 3 is 2.76 bits per heavy atom. The zero-order chi connectivity index (χ0) is 12.4. The molecule has 0 unspecified atom stereocenters. The Balaban J connectivity index is 2.58. The summed E-state index contributed by atoms with van der Waals surface area (Å²) >= 11 is 5.90. The molecule has 0 spiro atoms. The Bertz CT molecular complexity index is 587. The minimum absolute atomic E-state index is 0.112. The fourth-order valence-corrected chi connectivity index (χ4v) is 1.58. The second-order valence-corrected chi connectivity index (χ2v) is 3.64.